The molecule has 0 spiro atoms. The summed E-state index contributed by atoms with van der Waals surface area (Å²) in [7, 11) is 0. The highest BCUT2D eigenvalue weighted by atomic mass is 15.2. The Bertz CT molecular complexity index is 4150. The van der Waals surface area contributed by atoms with E-state index in [1.54, 1.807) is 0 Å². The average Bonchev–Trinajstić information content (AvgIpc) is 0.817. The highest BCUT2D eigenvalue weighted by molar-refractivity contribution is 7.00. The Hall–Kier alpha value is -7.56. The summed E-state index contributed by atoms with van der Waals surface area (Å²) in [4.78, 5) is 7.89. The van der Waals surface area contributed by atoms with Gasteiger partial charge in [0.2, 0.25) is 0 Å². The molecule has 0 bridgehead atoms. The third kappa shape index (κ3) is 8.12. The largest absolute Gasteiger partial charge is 0.311 e. The zero-order chi connectivity index (χ0) is 59.2. The van der Waals surface area contributed by atoms with Gasteiger partial charge in [0.25, 0.3) is 6.71 Å². The van der Waals surface area contributed by atoms with E-state index in [0.717, 1.165) is 29.9 Å². The Balaban J connectivity index is 1.08. The van der Waals surface area contributed by atoms with Gasteiger partial charge < -0.3 is 14.7 Å². The normalized spacial score (nSPS) is 17.1. The zero-order valence-corrected chi connectivity index (χ0v) is 53.1. The van der Waals surface area contributed by atoms with Gasteiger partial charge in [0.1, 0.15) is 0 Å². The quantitative estimate of drug-likeness (QED) is 0.159. The maximum atomic E-state index is 2.71. The van der Waals surface area contributed by atoms with Crippen LogP contribution in [0.2, 0.25) is 0 Å². The fourth-order valence-electron chi connectivity index (χ4n) is 15.5. The zero-order valence-electron chi connectivity index (χ0n) is 53.1. The van der Waals surface area contributed by atoms with Gasteiger partial charge in [-0.05, 0) is 207 Å². The summed E-state index contributed by atoms with van der Waals surface area (Å²) < 4.78 is 0. The van der Waals surface area contributed by atoms with Crippen LogP contribution in [-0.4, -0.2) is 6.71 Å². The molecule has 0 unspecified atom stereocenters. The summed E-state index contributed by atoms with van der Waals surface area (Å²) in [6, 6.07) is 69.7. The lowest BCUT2D eigenvalue weighted by Gasteiger charge is -2.48. The Labute approximate surface area is 502 Å². The van der Waals surface area contributed by atoms with Crippen LogP contribution < -0.4 is 31.1 Å². The minimum Gasteiger partial charge on any atom is -0.311 e. The van der Waals surface area contributed by atoms with Crippen LogP contribution in [0.5, 0.6) is 0 Å². The van der Waals surface area contributed by atoms with Crippen LogP contribution in [0.4, 0.5) is 51.2 Å². The highest BCUT2D eigenvalue weighted by Crippen LogP contribution is 2.56. The lowest BCUT2D eigenvalue weighted by Crippen LogP contribution is -2.62. The molecule has 422 valence electrons. The first-order valence-corrected chi connectivity index (χ1v) is 31.2. The number of nitrogens with zero attached hydrogens (tertiary/aromatic N) is 3. The van der Waals surface area contributed by atoms with E-state index in [9.17, 15) is 0 Å². The van der Waals surface area contributed by atoms with Crippen molar-refractivity contribution < 1.29 is 0 Å². The van der Waals surface area contributed by atoms with Gasteiger partial charge in [-0.15, -0.1) is 0 Å². The molecular formula is C80H84BN3. The number of anilines is 9. The fraction of sp³-hybridized carbons (Fsp3) is 0.325. The number of fused-ring (bicyclic) bond motifs is 11. The molecular weight excluding hydrogens is 1010 g/mol. The number of hydrogen-bond donors (Lipinski definition) is 0. The molecule has 0 N–H and O–H groups in total. The predicted molar refractivity (Wildman–Crippen MR) is 362 cm³/mol. The minimum atomic E-state index is -0.191. The molecule has 0 atom stereocenters. The molecule has 0 radical (unpaired) electrons. The molecule has 9 aromatic rings. The number of benzene rings is 9. The molecule has 84 heavy (non-hydrogen) atoms. The van der Waals surface area contributed by atoms with Gasteiger partial charge in [-0.25, -0.2) is 0 Å². The van der Waals surface area contributed by atoms with E-state index in [2.05, 4.69) is 308 Å². The van der Waals surface area contributed by atoms with Crippen LogP contribution >= 0.6 is 0 Å². The summed E-state index contributed by atoms with van der Waals surface area (Å²) in [5, 5.41) is 0. The van der Waals surface area contributed by atoms with E-state index < -0.39 is 0 Å². The lowest BCUT2D eigenvalue weighted by atomic mass is 9.33. The Kier molecular flexibility index (Phi) is 11.6. The van der Waals surface area contributed by atoms with Crippen molar-refractivity contribution in [2.24, 2.45) is 0 Å². The maximum absolute atomic E-state index is 2.71. The van der Waals surface area contributed by atoms with Crippen molar-refractivity contribution >= 4 is 74.3 Å². The third-order valence-electron chi connectivity index (χ3n) is 20.8. The SMILES string of the molecule is CC(C)(C)c1ccc(N(c2ccc(C(C)(C)C)cc2)c2ccc3c(c2)N(c2ccc4c(c2)C(C)(C)c2ccccc2-4)c2cc(C(C)(C)C)cc4c2B3c2cc3c(cc2N4c2ccc4c(c2)C(C)(C)c2ccccc2-4)C(C)(C)CCC3(C)C)cc1. The van der Waals surface area contributed by atoms with Crippen LogP contribution in [0.15, 0.2) is 176 Å². The Morgan fingerprint density at radius 1 is 0.345 bits per heavy atom. The smallest absolute Gasteiger partial charge is 0.252 e. The highest BCUT2D eigenvalue weighted by Gasteiger charge is 2.48. The van der Waals surface area contributed by atoms with Crippen molar-refractivity contribution in [3.05, 3.63) is 226 Å². The molecule has 4 heteroatoms. The van der Waals surface area contributed by atoms with Crippen LogP contribution in [-0.2, 0) is 37.9 Å². The second-order valence-electron chi connectivity index (χ2n) is 31.0. The van der Waals surface area contributed by atoms with Gasteiger partial charge in [-0.3, -0.25) is 0 Å². The summed E-state index contributed by atoms with van der Waals surface area (Å²) in [6.45, 7) is 40.7. The molecule has 0 amide bonds. The van der Waals surface area contributed by atoms with Crippen molar-refractivity contribution in [3.8, 4) is 22.3 Å². The third-order valence-corrected chi connectivity index (χ3v) is 20.8. The van der Waals surface area contributed by atoms with Gasteiger partial charge in [0.15, 0.2) is 0 Å². The number of rotatable bonds is 5. The van der Waals surface area contributed by atoms with Crippen molar-refractivity contribution in [2.45, 2.75) is 168 Å². The van der Waals surface area contributed by atoms with Crippen molar-refractivity contribution in [1.29, 1.82) is 0 Å². The number of hydrogen-bond acceptors (Lipinski definition) is 3. The van der Waals surface area contributed by atoms with Gasteiger partial charge in [-0.1, -0.05) is 215 Å². The van der Waals surface area contributed by atoms with Gasteiger partial charge in [-0.2, -0.15) is 0 Å². The van der Waals surface area contributed by atoms with Crippen molar-refractivity contribution in [1.82, 2.24) is 0 Å². The average molecular weight is 1100 g/mol. The van der Waals surface area contributed by atoms with Crippen LogP contribution in [0.1, 0.15) is 181 Å². The van der Waals surface area contributed by atoms with Crippen molar-refractivity contribution in [3.63, 3.8) is 0 Å². The van der Waals surface area contributed by atoms with E-state index >= 15 is 0 Å². The maximum Gasteiger partial charge on any atom is 0.252 e. The van der Waals surface area contributed by atoms with E-state index in [-0.39, 0.29) is 44.6 Å². The first kappa shape index (κ1) is 54.4. The van der Waals surface area contributed by atoms with Crippen LogP contribution in [0.25, 0.3) is 22.3 Å². The molecule has 14 rings (SSSR count). The summed E-state index contributed by atoms with van der Waals surface area (Å²) >= 11 is 0. The van der Waals surface area contributed by atoms with Gasteiger partial charge in [0, 0.05) is 62.0 Å². The summed E-state index contributed by atoms with van der Waals surface area (Å²) in [6.07, 6.45) is 2.29. The van der Waals surface area contributed by atoms with E-state index in [1.165, 1.54) is 123 Å². The van der Waals surface area contributed by atoms with E-state index in [4.69, 9.17) is 0 Å². The van der Waals surface area contributed by atoms with E-state index in [0.29, 0.717) is 0 Å². The first-order chi connectivity index (χ1) is 39.5. The minimum absolute atomic E-state index is 0.00104. The second kappa shape index (κ2) is 18.0. The van der Waals surface area contributed by atoms with Crippen LogP contribution in [0, 0.1) is 0 Å². The molecule has 3 nitrogen and oxygen atoms in total. The molecule has 9 aromatic carbocycles. The van der Waals surface area contributed by atoms with Crippen LogP contribution in [0.3, 0.4) is 0 Å². The fourth-order valence-corrected chi connectivity index (χ4v) is 15.5. The summed E-state index contributed by atoms with van der Waals surface area (Å²) in [5.74, 6) is 0. The molecule has 2 aliphatic heterocycles. The molecule has 0 saturated carbocycles. The molecule has 5 aliphatic rings. The second-order valence-corrected chi connectivity index (χ2v) is 31.0. The standard InChI is InChI=1S/C80H84BN3/c1-74(2,3)49-26-30-52(31-27-49)82(53-32-28-50(29-33-53)75(4,5)6)56-36-39-67-69(46-56)83(54-34-37-59-57-22-18-20-24-61(57)79(14,15)63(59)44-54)71-42-51(76(7,8)9)43-72-73(71)81(67)68-47-65-66(78(12,13)41-40-77(65,10)11)48-70(68)84(72)55-35-38-60-58-23-19-21-25-62(58)80(16,17)64(60)45-55/h18-39,42-48H,40-41H2,1-17H3. The molecule has 2 heterocycles. The Morgan fingerprint density at radius 3 is 1.20 bits per heavy atom. The lowest BCUT2D eigenvalue weighted by molar-refractivity contribution is 0.332. The van der Waals surface area contributed by atoms with Gasteiger partial charge in [0.05, 0.1) is 0 Å². The molecule has 0 aromatic heterocycles. The predicted octanol–water partition coefficient (Wildman–Crippen LogP) is 20.1. The molecule has 3 aliphatic carbocycles. The van der Waals surface area contributed by atoms with Gasteiger partial charge >= 0.3 is 0 Å². The van der Waals surface area contributed by atoms with Crippen molar-refractivity contribution in [2.75, 3.05) is 14.7 Å². The topological polar surface area (TPSA) is 9.72 Å². The molecule has 0 fully saturated rings. The molecule has 0 saturated heterocycles. The monoisotopic (exact) mass is 1100 g/mol. The summed E-state index contributed by atoms with van der Waals surface area (Å²) in [5.41, 5.74) is 32.2. The first-order valence-electron chi connectivity index (χ1n) is 31.2. The Morgan fingerprint density at radius 2 is 0.750 bits per heavy atom. The van der Waals surface area contributed by atoms with E-state index in [1.807, 2.05) is 0 Å².